The third-order valence-corrected chi connectivity index (χ3v) is 3.08. The van der Waals surface area contributed by atoms with Gasteiger partial charge in [0.15, 0.2) is 0 Å². The van der Waals surface area contributed by atoms with E-state index in [-0.39, 0.29) is 6.04 Å². The molecule has 0 bridgehead atoms. The summed E-state index contributed by atoms with van der Waals surface area (Å²) in [6.07, 6.45) is 3.67. The van der Waals surface area contributed by atoms with E-state index in [1.165, 1.54) is 20.0 Å². The molecule has 1 saturated heterocycles. The molecule has 1 aliphatic rings. The first-order valence-electron chi connectivity index (χ1n) is 5.90. The fourth-order valence-corrected chi connectivity index (χ4v) is 2.20. The molecule has 17 heavy (non-hydrogen) atoms. The molecule has 2 rings (SSSR count). The number of ether oxygens (including phenoxy) is 1. The van der Waals surface area contributed by atoms with Crippen LogP contribution in [0.15, 0.2) is 22.8 Å². The Morgan fingerprint density at radius 1 is 1.59 bits per heavy atom. The van der Waals surface area contributed by atoms with Crippen molar-refractivity contribution in [3.05, 3.63) is 24.2 Å². The van der Waals surface area contributed by atoms with E-state index in [9.17, 15) is 4.79 Å². The normalized spacial score (nSPS) is 17.9. The molecule has 2 heterocycles. The first-order valence-corrected chi connectivity index (χ1v) is 5.90. The van der Waals surface area contributed by atoms with E-state index in [0.29, 0.717) is 6.54 Å². The van der Waals surface area contributed by atoms with Crippen LogP contribution in [0, 0.1) is 0 Å². The van der Waals surface area contributed by atoms with Crippen LogP contribution in [-0.4, -0.2) is 37.7 Å². The molecule has 1 aliphatic heterocycles. The van der Waals surface area contributed by atoms with Gasteiger partial charge in [0.1, 0.15) is 5.76 Å². The summed E-state index contributed by atoms with van der Waals surface area (Å²) < 4.78 is 10.0. The van der Waals surface area contributed by atoms with Crippen LogP contribution in [0.2, 0.25) is 0 Å². The number of rotatable bonds is 4. The van der Waals surface area contributed by atoms with Crippen molar-refractivity contribution in [3.8, 4) is 0 Å². The first-order chi connectivity index (χ1) is 8.31. The van der Waals surface area contributed by atoms with E-state index in [4.69, 9.17) is 4.42 Å². The minimum atomic E-state index is -0.402. The topological polar surface area (TPSA) is 54.7 Å². The maximum atomic E-state index is 11.1. The van der Waals surface area contributed by atoms with Gasteiger partial charge < -0.3 is 14.5 Å². The molecule has 0 aromatic carbocycles. The number of alkyl carbamates (subject to hydrolysis) is 1. The Balaban J connectivity index is 1.99. The van der Waals surface area contributed by atoms with Crippen molar-refractivity contribution in [1.29, 1.82) is 0 Å². The number of nitrogens with one attached hydrogen (secondary N) is 1. The summed E-state index contributed by atoms with van der Waals surface area (Å²) in [4.78, 5) is 13.4. The number of hydrogen-bond acceptors (Lipinski definition) is 4. The Hall–Kier alpha value is -1.49. The van der Waals surface area contributed by atoms with E-state index < -0.39 is 6.09 Å². The van der Waals surface area contributed by atoms with Crippen LogP contribution in [0.25, 0.3) is 0 Å². The Labute approximate surface area is 101 Å². The van der Waals surface area contributed by atoms with Crippen molar-refractivity contribution >= 4 is 6.09 Å². The number of nitrogens with zero attached hydrogens (tertiary/aromatic N) is 1. The van der Waals surface area contributed by atoms with Gasteiger partial charge in [-0.25, -0.2) is 4.79 Å². The fourth-order valence-electron chi connectivity index (χ4n) is 2.20. The zero-order valence-electron chi connectivity index (χ0n) is 10.0. The molecule has 0 aliphatic carbocycles. The minimum absolute atomic E-state index is 0.103. The van der Waals surface area contributed by atoms with Crippen molar-refractivity contribution in [1.82, 2.24) is 10.2 Å². The molecule has 1 atom stereocenters. The Morgan fingerprint density at radius 3 is 2.94 bits per heavy atom. The number of amides is 1. The predicted molar refractivity (Wildman–Crippen MR) is 62.7 cm³/mol. The fraction of sp³-hybridized carbons (Fsp3) is 0.583. The number of carbonyl (C=O) groups is 1. The van der Waals surface area contributed by atoms with Crippen LogP contribution in [-0.2, 0) is 4.74 Å². The molecule has 0 saturated carbocycles. The van der Waals surface area contributed by atoms with Crippen LogP contribution in [0.4, 0.5) is 4.79 Å². The van der Waals surface area contributed by atoms with Crippen LogP contribution in [0.1, 0.15) is 24.6 Å². The molecule has 5 nitrogen and oxygen atoms in total. The van der Waals surface area contributed by atoms with Crippen LogP contribution in [0.5, 0.6) is 0 Å². The van der Waals surface area contributed by atoms with Crippen molar-refractivity contribution < 1.29 is 13.9 Å². The van der Waals surface area contributed by atoms with E-state index in [2.05, 4.69) is 15.0 Å². The molecule has 5 heteroatoms. The highest BCUT2D eigenvalue weighted by atomic mass is 16.5. The van der Waals surface area contributed by atoms with Crippen LogP contribution < -0.4 is 5.32 Å². The highest BCUT2D eigenvalue weighted by molar-refractivity contribution is 5.66. The maximum absolute atomic E-state index is 11.1. The molecule has 1 aromatic rings. The van der Waals surface area contributed by atoms with E-state index in [1.807, 2.05) is 12.1 Å². The van der Waals surface area contributed by atoms with Gasteiger partial charge in [-0.05, 0) is 38.1 Å². The SMILES string of the molecule is COC(=O)NCC(c1ccco1)N1CCCC1. The summed E-state index contributed by atoms with van der Waals surface area (Å²) in [7, 11) is 1.37. The standard InChI is InChI=1S/C12H18N2O3/c1-16-12(15)13-9-10(11-5-4-8-17-11)14-6-2-3-7-14/h4-5,8,10H,2-3,6-7,9H2,1H3,(H,13,15). The van der Waals surface area contributed by atoms with E-state index in [0.717, 1.165) is 18.8 Å². The molecular formula is C12H18N2O3. The van der Waals surface area contributed by atoms with Gasteiger partial charge in [-0.1, -0.05) is 0 Å². The predicted octanol–water partition coefficient (Wildman–Crippen LogP) is 1.77. The second kappa shape index (κ2) is 5.72. The molecule has 1 N–H and O–H groups in total. The summed E-state index contributed by atoms with van der Waals surface area (Å²) in [5.74, 6) is 0.892. The second-order valence-corrected chi connectivity index (χ2v) is 4.15. The van der Waals surface area contributed by atoms with Crippen LogP contribution in [0.3, 0.4) is 0 Å². The Morgan fingerprint density at radius 2 is 2.35 bits per heavy atom. The molecule has 94 valence electrons. The number of likely N-dealkylation sites (tertiary alicyclic amines) is 1. The number of methoxy groups -OCH3 is 1. The summed E-state index contributed by atoms with van der Waals surface area (Å²) in [6, 6.07) is 3.92. The van der Waals surface area contributed by atoms with Gasteiger partial charge in [-0.2, -0.15) is 0 Å². The molecule has 0 radical (unpaired) electrons. The molecule has 0 spiro atoms. The van der Waals surface area contributed by atoms with Gasteiger partial charge in [0.2, 0.25) is 0 Å². The molecule has 1 unspecified atom stereocenters. The maximum Gasteiger partial charge on any atom is 0.406 e. The third kappa shape index (κ3) is 3.00. The quantitative estimate of drug-likeness (QED) is 0.868. The highest BCUT2D eigenvalue weighted by Gasteiger charge is 2.25. The lowest BCUT2D eigenvalue weighted by atomic mass is 10.2. The lowest BCUT2D eigenvalue weighted by Crippen LogP contribution is -2.36. The lowest BCUT2D eigenvalue weighted by molar-refractivity contribution is 0.160. The second-order valence-electron chi connectivity index (χ2n) is 4.15. The first kappa shape index (κ1) is 12.0. The lowest BCUT2D eigenvalue weighted by Gasteiger charge is -2.25. The summed E-state index contributed by atoms with van der Waals surface area (Å²) >= 11 is 0. The van der Waals surface area contributed by atoms with Gasteiger partial charge in [0, 0.05) is 6.54 Å². The average Bonchev–Trinajstić information content (AvgIpc) is 3.01. The number of furan rings is 1. The molecule has 1 aromatic heterocycles. The van der Waals surface area contributed by atoms with E-state index in [1.54, 1.807) is 6.26 Å². The zero-order chi connectivity index (χ0) is 12.1. The highest BCUT2D eigenvalue weighted by Crippen LogP contribution is 2.24. The average molecular weight is 238 g/mol. The Kier molecular flexibility index (Phi) is 4.03. The summed E-state index contributed by atoms with van der Waals surface area (Å²) in [5.41, 5.74) is 0. The van der Waals surface area contributed by atoms with E-state index >= 15 is 0 Å². The molecular weight excluding hydrogens is 220 g/mol. The monoisotopic (exact) mass is 238 g/mol. The molecule has 1 amide bonds. The van der Waals surface area contributed by atoms with Gasteiger partial charge in [-0.15, -0.1) is 0 Å². The number of hydrogen-bond donors (Lipinski definition) is 1. The van der Waals surface area contributed by atoms with Gasteiger partial charge in [0.05, 0.1) is 19.4 Å². The molecule has 1 fully saturated rings. The smallest absolute Gasteiger partial charge is 0.406 e. The zero-order valence-corrected chi connectivity index (χ0v) is 10.0. The third-order valence-electron chi connectivity index (χ3n) is 3.08. The summed E-state index contributed by atoms with van der Waals surface area (Å²) in [5, 5.41) is 2.73. The van der Waals surface area contributed by atoms with Crippen molar-refractivity contribution in [3.63, 3.8) is 0 Å². The van der Waals surface area contributed by atoms with Crippen molar-refractivity contribution in [2.75, 3.05) is 26.7 Å². The summed E-state index contributed by atoms with van der Waals surface area (Å²) in [6.45, 7) is 2.61. The largest absolute Gasteiger partial charge is 0.468 e. The van der Waals surface area contributed by atoms with Gasteiger partial charge in [0.25, 0.3) is 0 Å². The minimum Gasteiger partial charge on any atom is -0.468 e. The Bertz CT molecular complexity index is 345. The van der Waals surface area contributed by atoms with Crippen LogP contribution >= 0.6 is 0 Å². The van der Waals surface area contributed by atoms with Crippen molar-refractivity contribution in [2.45, 2.75) is 18.9 Å². The van der Waals surface area contributed by atoms with Crippen molar-refractivity contribution in [2.24, 2.45) is 0 Å². The number of carbonyl (C=O) groups excluding carboxylic acids is 1. The van der Waals surface area contributed by atoms with Gasteiger partial charge in [-0.3, -0.25) is 4.90 Å². The van der Waals surface area contributed by atoms with Gasteiger partial charge >= 0.3 is 6.09 Å².